The number of methoxy groups -OCH3 is 1. The second-order valence-electron chi connectivity index (χ2n) is 4.95. The molecule has 0 aliphatic rings. The lowest BCUT2D eigenvalue weighted by Gasteiger charge is -2.22. The van der Waals surface area contributed by atoms with Gasteiger partial charge in [0.2, 0.25) is 0 Å². The number of rotatable bonds is 6. The van der Waals surface area contributed by atoms with Gasteiger partial charge in [0, 0.05) is 5.56 Å². The lowest BCUT2D eigenvalue weighted by molar-refractivity contribution is 0.127. The van der Waals surface area contributed by atoms with E-state index in [0.29, 0.717) is 23.7 Å². The van der Waals surface area contributed by atoms with E-state index in [4.69, 9.17) is 10.5 Å². The molecule has 0 aliphatic heterocycles. The molecule has 3 N–H and O–H groups in total. The van der Waals surface area contributed by atoms with E-state index < -0.39 is 12.1 Å². The molecule has 2 atom stereocenters. The van der Waals surface area contributed by atoms with Crippen molar-refractivity contribution in [3.05, 3.63) is 29.6 Å². The minimum Gasteiger partial charge on any atom is -0.496 e. The monoisotopic (exact) mass is 291 g/mol. The number of nitrogens with two attached hydrogens (primary N) is 1. The Bertz CT molecular complexity index is 388. The first-order valence-electron chi connectivity index (χ1n) is 6.22. The van der Waals surface area contributed by atoms with Crippen molar-refractivity contribution in [3.8, 4) is 5.75 Å². The summed E-state index contributed by atoms with van der Waals surface area (Å²) >= 11 is 0. The van der Waals surface area contributed by atoms with Gasteiger partial charge in [-0.15, -0.1) is 12.4 Å². The lowest BCUT2D eigenvalue weighted by atomic mass is 9.95. The number of hydrogen-bond acceptors (Lipinski definition) is 3. The van der Waals surface area contributed by atoms with Gasteiger partial charge in [0.25, 0.3) is 0 Å². The third kappa shape index (κ3) is 5.35. The van der Waals surface area contributed by atoms with Crippen LogP contribution >= 0.6 is 12.4 Å². The predicted octanol–water partition coefficient (Wildman–Crippen LogP) is 3.05. The van der Waals surface area contributed by atoms with Crippen molar-refractivity contribution in [1.82, 2.24) is 0 Å². The van der Waals surface area contributed by atoms with Crippen molar-refractivity contribution >= 4 is 12.4 Å². The molecule has 3 nitrogen and oxygen atoms in total. The maximum Gasteiger partial charge on any atom is 0.123 e. The molecular formula is C14H23ClFNO2. The summed E-state index contributed by atoms with van der Waals surface area (Å²) in [6.45, 7) is 4.17. The normalized spacial score (nSPS) is 13.8. The Morgan fingerprint density at radius 1 is 1.32 bits per heavy atom. The molecule has 1 aromatic carbocycles. The van der Waals surface area contributed by atoms with E-state index in [-0.39, 0.29) is 18.2 Å². The van der Waals surface area contributed by atoms with Gasteiger partial charge < -0.3 is 15.6 Å². The molecule has 0 saturated carbocycles. The van der Waals surface area contributed by atoms with Gasteiger partial charge in [-0.25, -0.2) is 4.39 Å². The second-order valence-corrected chi connectivity index (χ2v) is 4.95. The maximum atomic E-state index is 13.2. The summed E-state index contributed by atoms with van der Waals surface area (Å²) in [5.41, 5.74) is 6.48. The third-order valence-electron chi connectivity index (χ3n) is 3.01. The van der Waals surface area contributed by atoms with Gasteiger partial charge in [0.05, 0.1) is 19.3 Å². The Morgan fingerprint density at radius 2 is 1.95 bits per heavy atom. The lowest BCUT2D eigenvalue weighted by Crippen LogP contribution is -2.27. The zero-order valence-corrected chi connectivity index (χ0v) is 12.4. The zero-order valence-electron chi connectivity index (χ0n) is 11.6. The number of benzene rings is 1. The molecule has 0 aliphatic carbocycles. The van der Waals surface area contributed by atoms with E-state index in [1.807, 2.05) is 0 Å². The van der Waals surface area contributed by atoms with Crippen LogP contribution in [0.15, 0.2) is 18.2 Å². The highest BCUT2D eigenvalue weighted by Gasteiger charge is 2.21. The van der Waals surface area contributed by atoms with Crippen LogP contribution in [0.3, 0.4) is 0 Å². The average Bonchev–Trinajstić information content (AvgIpc) is 2.34. The van der Waals surface area contributed by atoms with Crippen LogP contribution in [0.1, 0.15) is 38.3 Å². The molecule has 0 unspecified atom stereocenters. The summed E-state index contributed by atoms with van der Waals surface area (Å²) in [5.74, 6) is 0.631. The quantitative estimate of drug-likeness (QED) is 0.847. The molecule has 110 valence electrons. The number of aliphatic hydroxyl groups is 1. The predicted molar refractivity (Wildman–Crippen MR) is 77.2 cm³/mol. The van der Waals surface area contributed by atoms with Crippen molar-refractivity contribution in [2.24, 2.45) is 11.7 Å². The summed E-state index contributed by atoms with van der Waals surface area (Å²) in [7, 11) is 1.50. The molecule has 0 amide bonds. The van der Waals surface area contributed by atoms with Gasteiger partial charge in [-0.05, 0) is 37.0 Å². The minimum atomic E-state index is -0.692. The summed E-state index contributed by atoms with van der Waals surface area (Å²) in [5, 5.41) is 10.0. The molecule has 0 fully saturated rings. The fraction of sp³-hybridized carbons (Fsp3) is 0.571. The largest absolute Gasteiger partial charge is 0.496 e. The van der Waals surface area contributed by atoms with Gasteiger partial charge in [-0.3, -0.25) is 0 Å². The molecule has 0 saturated heterocycles. The highest BCUT2D eigenvalue weighted by molar-refractivity contribution is 5.85. The van der Waals surface area contributed by atoms with Crippen LogP contribution in [0.2, 0.25) is 0 Å². The van der Waals surface area contributed by atoms with Crippen LogP contribution in [0.25, 0.3) is 0 Å². The van der Waals surface area contributed by atoms with Crippen LogP contribution in [-0.4, -0.2) is 18.3 Å². The molecule has 19 heavy (non-hydrogen) atoms. The molecule has 0 radical (unpaired) electrons. The molecule has 1 aromatic rings. The Balaban J connectivity index is 0.00000324. The van der Waals surface area contributed by atoms with Crippen LogP contribution < -0.4 is 10.5 Å². The van der Waals surface area contributed by atoms with Crippen molar-refractivity contribution in [1.29, 1.82) is 0 Å². The van der Waals surface area contributed by atoms with Crippen molar-refractivity contribution in [3.63, 3.8) is 0 Å². The maximum absolute atomic E-state index is 13.2. The van der Waals surface area contributed by atoms with E-state index in [0.717, 1.165) is 6.42 Å². The fourth-order valence-electron chi connectivity index (χ4n) is 1.86. The minimum absolute atomic E-state index is 0. The van der Waals surface area contributed by atoms with E-state index in [1.165, 1.54) is 25.3 Å². The number of halogens is 2. The first kappa shape index (κ1) is 18.2. The van der Waals surface area contributed by atoms with E-state index in [1.54, 1.807) is 0 Å². The molecule has 0 heterocycles. The second kappa shape index (κ2) is 8.35. The smallest absolute Gasteiger partial charge is 0.123 e. The Kier molecular flexibility index (Phi) is 7.99. The summed E-state index contributed by atoms with van der Waals surface area (Å²) in [4.78, 5) is 0. The summed E-state index contributed by atoms with van der Waals surface area (Å²) in [6.07, 6.45) is 0.786. The fourth-order valence-corrected chi connectivity index (χ4v) is 1.86. The van der Waals surface area contributed by atoms with Gasteiger partial charge in [0.15, 0.2) is 0 Å². The summed E-state index contributed by atoms with van der Waals surface area (Å²) < 4.78 is 18.4. The number of ether oxygens (including phenoxy) is 1. The Labute approximate surface area is 120 Å². The van der Waals surface area contributed by atoms with Crippen LogP contribution in [0, 0.1) is 11.7 Å². The van der Waals surface area contributed by atoms with Gasteiger partial charge in [-0.1, -0.05) is 13.8 Å². The SMILES string of the molecule is COc1ccc(F)cc1[C@H](N)[C@H](O)CCC(C)C.Cl. The van der Waals surface area contributed by atoms with Crippen LogP contribution in [0.4, 0.5) is 4.39 Å². The average molecular weight is 292 g/mol. The van der Waals surface area contributed by atoms with Gasteiger partial charge in [-0.2, -0.15) is 0 Å². The third-order valence-corrected chi connectivity index (χ3v) is 3.01. The highest BCUT2D eigenvalue weighted by atomic mass is 35.5. The van der Waals surface area contributed by atoms with Crippen molar-refractivity contribution < 1.29 is 14.2 Å². The van der Waals surface area contributed by atoms with E-state index >= 15 is 0 Å². The van der Waals surface area contributed by atoms with Crippen LogP contribution in [0.5, 0.6) is 5.75 Å². The first-order valence-corrected chi connectivity index (χ1v) is 6.22. The van der Waals surface area contributed by atoms with E-state index in [2.05, 4.69) is 13.8 Å². The van der Waals surface area contributed by atoms with E-state index in [9.17, 15) is 9.50 Å². The molecule has 5 heteroatoms. The molecule has 0 bridgehead atoms. The van der Waals surface area contributed by atoms with Crippen molar-refractivity contribution in [2.45, 2.75) is 38.8 Å². The van der Waals surface area contributed by atoms with Crippen LogP contribution in [-0.2, 0) is 0 Å². The molecule has 0 spiro atoms. The summed E-state index contributed by atoms with van der Waals surface area (Å²) in [6, 6.07) is 3.53. The topological polar surface area (TPSA) is 55.5 Å². The molecular weight excluding hydrogens is 269 g/mol. The van der Waals surface area contributed by atoms with Gasteiger partial charge in [0.1, 0.15) is 11.6 Å². The van der Waals surface area contributed by atoms with Gasteiger partial charge >= 0.3 is 0 Å². The van der Waals surface area contributed by atoms with Crippen molar-refractivity contribution in [2.75, 3.05) is 7.11 Å². The standard InChI is InChI=1S/C14H22FNO2.ClH/c1-9(2)4-6-12(17)14(16)11-8-10(15)5-7-13(11)18-3;/h5,7-9,12,14,17H,4,6,16H2,1-3H3;1H/t12-,14+;/m1./s1. The Morgan fingerprint density at radius 3 is 2.47 bits per heavy atom. The highest BCUT2D eigenvalue weighted by Crippen LogP contribution is 2.28. The first-order chi connectivity index (χ1) is 8.45. The molecule has 0 aromatic heterocycles. The number of aliphatic hydroxyl groups excluding tert-OH is 1. The Hall–Kier alpha value is -0.840. The zero-order chi connectivity index (χ0) is 13.7. The molecule has 1 rings (SSSR count). The number of hydrogen-bond donors (Lipinski definition) is 2.